The van der Waals surface area contributed by atoms with Gasteiger partial charge in [-0.25, -0.2) is 9.79 Å². The molecule has 0 bridgehead atoms. The lowest BCUT2D eigenvalue weighted by atomic mass is 10.1. The smallest absolute Gasteiger partial charge is 0.333 e. The molecule has 0 fully saturated rings. The summed E-state index contributed by atoms with van der Waals surface area (Å²) in [5.41, 5.74) is 0.528. The van der Waals surface area contributed by atoms with Crippen LogP contribution in [0.1, 0.15) is 18.1 Å². The zero-order valence-electron chi connectivity index (χ0n) is 18.0. The molecule has 1 heterocycles. The van der Waals surface area contributed by atoms with E-state index in [9.17, 15) is 14.7 Å². The lowest BCUT2D eigenvalue weighted by Gasteiger charge is -2.13. The summed E-state index contributed by atoms with van der Waals surface area (Å²) in [6.45, 7) is 2.36. The third-order valence-electron chi connectivity index (χ3n) is 4.84. The molecule has 3 rings (SSSR count). The van der Waals surface area contributed by atoms with Gasteiger partial charge >= 0.3 is 5.69 Å². The molecule has 0 aliphatic carbocycles. The van der Waals surface area contributed by atoms with Gasteiger partial charge < -0.3 is 9.84 Å². The van der Waals surface area contributed by atoms with E-state index in [-0.39, 0.29) is 5.56 Å². The van der Waals surface area contributed by atoms with Crippen LogP contribution in [0, 0.1) is 0 Å². The zero-order valence-corrected chi connectivity index (χ0v) is 19.6. The minimum absolute atomic E-state index is 0.0306. The second-order valence-electron chi connectivity index (χ2n) is 6.97. The van der Waals surface area contributed by atoms with Gasteiger partial charge in [-0.3, -0.25) is 13.9 Å². The Labute approximate surface area is 195 Å². The van der Waals surface area contributed by atoms with E-state index in [0.29, 0.717) is 33.9 Å². The van der Waals surface area contributed by atoms with E-state index >= 15 is 0 Å². The van der Waals surface area contributed by atoms with Crippen molar-refractivity contribution in [2.75, 3.05) is 12.4 Å². The molecule has 7 nitrogen and oxygen atoms in total. The number of rotatable bonds is 7. The number of hydrogen-bond donors (Lipinski definition) is 1. The van der Waals surface area contributed by atoms with Crippen LogP contribution in [0.3, 0.4) is 0 Å². The third-order valence-corrected chi connectivity index (χ3v) is 6.09. The Bertz CT molecular complexity index is 1250. The summed E-state index contributed by atoms with van der Waals surface area (Å²) in [5, 5.41) is 11.4. The zero-order chi connectivity index (χ0) is 23.3. The topological polar surface area (TPSA) is 85.8 Å². The van der Waals surface area contributed by atoms with Gasteiger partial charge in [0.05, 0.1) is 17.3 Å². The van der Waals surface area contributed by atoms with E-state index in [1.165, 1.54) is 25.9 Å². The largest absolute Gasteiger partial charge is 0.494 e. The molecule has 0 spiro atoms. The molecule has 0 aliphatic rings. The lowest BCUT2D eigenvalue weighted by Crippen LogP contribution is -2.39. The first-order valence-corrected chi connectivity index (χ1v) is 11.4. The van der Waals surface area contributed by atoms with Crippen molar-refractivity contribution < 1.29 is 9.84 Å². The molecule has 0 radical (unpaired) electrons. The highest BCUT2D eigenvalue weighted by molar-refractivity contribution is 8.14. The van der Waals surface area contributed by atoms with Crippen molar-refractivity contribution in [2.24, 2.45) is 19.1 Å². The summed E-state index contributed by atoms with van der Waals surface area (Å²) in [6.07, 6.45) is 0.896. The predicted molar refractivity (Wildman–Crippen MR) is 130 cm³/mol. The van der Waals surface area contributed by atoms with Crippen molar-refractivity contribution in [1.29, 1.82) is 0 Å². The van der Waals surface area contributed by atoms with Gasteiger partial charge in [-0.2, -0.15) is 0 Å². The summed E-state index contributed by atoms with van der Waals surface area (Å²) in [4.78, 5) is 29.6. The van der Waals surface area contributed by atoms with E-state index < -0.39 is 17.1 Å². The van der Waals surface area contributed by atoms with Crippen LogP contribution in [0.2, 0.25) is 5.02 Å². The van der Waals surface area contributed by atoms with Crippen molar-refractivity contribution in [1.82, 2.24) is 9.13 Å². The fraction of sp³-hybridized carbons (Fsp3) is 0.261. The van der Waals surface area contributed by atoms with Gasteiger partial charge in [-0.05, 0) is 36.2 Å². The summed E-state index contributed by atoms with van der Waals surface area (Å²) in [5.74, 6) is 0.563. The third kappa shape index (κ3) is 5.26. The van der Waals surface area contributed by atoms with E-state index in [2.05, 4.69) is 11.9 Å². The standard InChI is InChI=1S/C23H24ClN3O4S/c1-4-15-9-11-16(12-10-15)25-20(19-21(28)26(2)23(30)27(3)22(19)29)32-14-13-31-18-8-6-5-7-17(18)24/h5-12,28H,4,13-14H2,1-3H3. The molecule has 9 heteroatoms. The summed E-state index contributed by atoms with van der Waals surface area (Å²) in [7, 11) is 2.77. The fourth-order valence-corrected chi connectivity index (χ4v) is 4.00. The Hall–Kier alpha value is -2.97. The monoisotopic (exact) mass is 473 g/mol. The van der Waals surface area contributed by atoms with Crippen LogP contribution in [-0.2, 0) is 20.5 Å². The average molecular weight is 474 g/mol. The summed E-state index contributed by atoms with van der Waals surface area (Å²) < 4.78 is 7.69. The number of aryl methyl sites for hydroxylation is 1. The van der Waals surface area contributed by atoms with Crippen LogP contribution in [0.5, 0.6) is 11.6 Å². The number of benzene rings is 2. The molecule has 0 aliphatic heterocycles. The quantitative estimate of drug-likeness (QED) is 0.319. The molecule has 168 valence electrons. The number of para-hydroxylation sites is 1. The molecular weight excluding hydrogens is 450 g/mol. The van der Waals surface area contributed by atoms with Gasteiger partial charge in [0, 0.05) is 19.8 Å². The highest BCUT2D eigenvalue weighted by Gasteiger charge is 2.21. The number of ether oxygens (including phenoxy) is 1. The number of aliphatic imine (C=N–C) groups is 1. The Balaban J connectivity index is 1.93. The van der Waals surface area contributed by atoms with Crippen molar-refractivity contribution >= 4 is 34.1 Å². The van der Waals surface area contributed by atoms with Crippen molar-refractivity contribution in [2.45, 2.75) is 13.3 Å². The Morgan fingerprint density at radius 1 is 1.09 bits per heavy atom. The summed E-state index contributed by atoms with van der Waals surface area (Å²) >= 11 is 7.37. The highest BCUT2D eigenvalue weighted by atomic mass is 35.5. The van der Waals surface area contributed by atoms with Crippen LogP contribution >= 0.6 is 23.4 Å². The maximum atomic E-state index is 12.8. The first-order chi connectivity index (χ1) is 15.3. The van der Waals surface area contributed by atoms with Crippen LogP contribution in [-0.4, -0.2) is 31.6 Å². The number of nitrogens with zero attached hydrogens (tertiary/aromatic N) is 3. The molecule has 1 N–H and O–H groups in total. The maximum absolute atomic E-state index is 12.8. The number of aromatic hydroxyl groups is 1. The van der Waals surface area contributed by atoms with E-state index in [0.717, 1.165) is 21.1 Å². The van der Waals surface area contributed by atoms with Crippen LogP contribution < -0.4 is 16.0 Å². The van der Waals surface area contributed by atoms with Crippen LogP contribution in [0.15, 0.2) is 63.1 Å². The van der Waals surface area contributed by atoms with Crippen molar-refractivity contribution in [3.8, 4) is 11.6 Å². The fourth-order valence-electron chi connectivity index (χ4n) is 2.96. The van der Waals surface area contributed by atoms with Gasteiger partial charge in [0.1, 0.15) is 16.4 Å². The van der Waals surface area contributed by atoms with E-state index in [1.807, 2.05) is 36.4 Å². The Morgan fingerprint density at radius 3 is 2.44 bits per heavy atom. The lowest BCUT2D eigenvalue weighted by molar-refractivity contribution is 0.344. The minimum atomic E-state index is -0.617. The van der Waals surface area contributed by atoms with Gasteiger partial charge in [0.25, 0.3) is 5.56 Å². The summed E-state index contributed by atoms with van der Waals surface area (Å²) in [6, 6.07) is 14.8. The predicted octanol–water partition coefficient (Wildman–Crippen LogP) is 3.90. The van der Waals surface area contributed by atoms with Gasteiger partial charge in [-0.1, -0.05) is 42.8 Å². The van der Waals surface area contributed by atoms with E-state index in [1.54, 1.807) is 12.1 Å². The SMILES string of the molecule is CCc1ccc(N=C(SCCOc2ccccc2Cl)c2c(O)n(C)c(=O)n(C)c2=O)cc1. The maximum Gasteiger partial charge on any atom is 0.333 e. The second-order valence-corrected chi connectivity index (χ2v) is 8.46. The molecule has 0 atom stereocenters. The number of aromatic nitrogens is 2. The second kappa shape index (κ2) is 10.6. The molecular formula is C23H24ClN3O4S. The average Bonchev–Trinajstić information content (AvgIpc) is 2.80. The van der Waals surface area contributed by atoms with Gasteiger partial charge in [0.2, 0.25) is 5.88 Å². The molecule has 0 amide bonds. The first kappa shape index (κ1) is 23.7. The Morgan fingerprint density at radius 2 is 1.78 bits per heavy atom. The first-order valence-electron chi connectivity index (χ1n) is 10.0. The molecule has 0 unspecified atom stereocenters. The molecule has 32 heavy (non-hydrogen) atoms. The molecule has 0 saturated heterocycles. The highest BCUT2D eigenvalue weighted by Crippen LogP contribution is 2.25. The van der Waals surface area contributed by atoms with Crippen molar-refractivity contribution in [3.05, 3.63) is 85.5 Å². The normalized spacial score (nSPS) is 11.6. The van der Waals surface area contributed by atoms with Crippen molar-refractivity contribution in [3.63, 3.8) is 0 Å². The molecule has 2 aromatic carbocycles. The van der Waals surface area contributed by atoms with Crippen LogP contribution in [0.4, 0.5) is 5.69 Å². The van der Waals surface area contributed by atoms with Crippen LogP contribution in [0.25, 0.3) is 0 Å². The van der Waals surface area contributed by atoms with Gasteiger partial charge in [-0.15, -0.1) is 11.8 Å². The van der Waals surface area contributed by atoms with Gasteiger partial charge in [0.15, 0.2) is 0 Å². The van der Waals surface area contributed by atoms with E-state index in [4.69, 9.17) is 16.3 Å². The molecule has 3 aromatic rings. The molecule has 0 saturated carbocycles. The number of hydrogen-bond acceptors (Lipinski definition) is 6. The minimum Gasteiger partial charge on any atom is -0.494 e. The number of thioether (sulfide) groups is 1. The number of halogens is 1. The molecule has 1 aromatic heterocycles. The Kier molecular flexibility index (Phi) is 7.82.